The van der Waals surface area contributed by atoms with Crippen LogP contribution in [0.1, 0.15) is 44.4 Å². The first-order valence-corrected chi connectivity index (χ1v) is 5.43. The Bertz CT molecular complexity index is 454. The first-order valence-electron chi connectivity index (χ1n) is 5.43. The van der Waals surface area contributed by atoms with E-state index in [1.807, 2.05) is 25.1 Å². The molecular formula is C15H19N. The molecule has 0 heterocycles. The summed E-state index contributed by atoms with van der Waals surface area (Å²) in [6, 6.07) is 3.97. The van der Waals surface area contributed by atoms with E-state index < -0.39 is 0 Å². The maximum Gasteiger partial charge on any atom is 0.0364 e. The predicted molar refractivity (Wildman–Crippen MR) is 72.2 cm³/mol. The van der Waals surface area contributed by atoms with Crippen molar-refractivity contribution in [2.45, 2.75) is 33.1 Å². The van der Waals surface area contributed by atoms with Crippen molar-refractivity contribution in [3.63, 3.8) is 0 Å². The fraction of sp³-hybridized carbons (Fsp3) is 0.333. The molecule has 1 rings (SSSR count). The summed E-state index contributed by atoms with van der Waals surface area (Å²) in [5, 5.41) is 0. The highest BCUT2D eigenvalue weighted by Gasteiger charge is 2.18. The van der Waals surface area contributed by atoms with E-state index >= 15 is 0 Å². The summed E-state index contributed by atoms with van der Waals surface area (Å²) in [4.78, 5) is 0. The van der Waals surface area contributed by atoms with Gasteiger partial charge >= 0.3 is 0 Å². The molecule has 0 spiro atoms. The van der Waals surface area contributed by atoms with Crippen molar-refractivity contribution in [2.75, 3.05) is 5.73 Å². The first-order chi connectivity index (χ1) is 7.40. The lowest BCUT2D eigenvalue weighted by molar-refractivity contribution is 0.592. The zero-order valence-electron chi connectivity index (χ0n) is 10.5. The van der Waals surface area contributed by atoms with Crippen LogP contribution in [-0.2, 0) is 5.41 Å². The summed E-state index contributed by atoms with van der Waals surface area (Å²) in [7, 11) is 0. The zero-order valence-corrected chi connectivity index (χ0v) is 10.5. The van der Waals surface area contributed by atoms with Gasteiger partial charge in [0.1, 0.15) is 0 Å². The number of terminal acetylenes is 1. The average Bonchev–Trinajstić information content (AvgIpc) is 2.18. The first kappa shape index (κ1) is 12.4. The van der Waals surface area contributed by atoms with Gasteiger partial charge in [0.15, 0.2) is 0 Å². The molecule has 0 aliphatic heterocycles. The molecular weight excluding hydrogens is 194 g/mol. The third-order valence-electron chi connectivity index (χ3n) is 2.53. The number of benzene rings is 1. The average molecular weight is 213 g/mol. The fourth-order valence-corrected chi connectivity index (χ4v) is 1.73. The molecule has 0 radical (unpaired) electrons. The highest BCUT2D eigenvalue weighted by Crippen LogP contribution is 2.30. The number of hydrogen-bond donors (Lipinski definition) is 1. The van der Waals surface area contributed by atoms with Gasteiger partial charge in [-0.1, -0.05) is 38.8 Å². The Morgan fingerprint density at radius 1 is 1.31 bits per heavy atom. The van der Waals surface area contributed by atoms with Gasteiger partial charge in [0.25, 0.3) is 0 Å². The largest absolute Gasteiger partial charge is 0.398 e. The Balaban J connectivity index is 3.47. The minimum absolute atomic E-state index is 0.0353. The van der Waals surface area contributed by atoms with Crippen molar-refractivity contribution >= 4 is 11.8 Å². The van der Waals surface area contributed by atoms with E-state index in [1.165, 1.54) is 0 Å². The smallest absolute Gasteiger partial charge is 0.0364 e. The van der Waals surface area contributed by atoms with E-state index in [1.54, 1.807) is 0 Å². The van der Waals surface area contributed by atoms with E-state index in [4.69, 9.17) is 12.2 Å². The fourth-order valence-electron chi connectivity index (χ4n) is 1.73. The van der Waals surface area contributed by atoms with Gasteiger partial charge < -0.3 is 5.73 Å². The van der Waals surface area contributed by atoms with Gasteiger partial charge in [-0.25, -0.2) is 0 Å². The van der Waals surface area contributed by atoms with Crippen LogP contribution in [0.2, 0.25) is 0 Å². The molecule has 16 heavy (non-hydrogen) atoms. The van der Waals surface area contributed by atoms with Crippen molar-refractivity contribution < 1.29 is 0 Å². The minimum Gasteiger partial charge on any atom is -0.398 e. The molecule has 0 unspecified atom stereocenters. The molecule has 0 bridgehead atoms. The van der Waals surface area contributed by atoms with Crippen LogP contribution < -0.4 is 5.73 Å². The third-order valence-corrected chi connectivity index (χ3v) is 2.53. The van der Waals surface area contributed by atoms with Crippen LogP contribution in [0.15, 0.2) is 18.2 Å². The van der Waals surface area contributed by atoms with Gasteiger partial charge in [-0.2, -0.15) is 0 Å². The summed E-state index contributed by atoms with van der Waals surface area (Å²) >= 11 is 0. The Kier molecular flexibility index (Phi) is 3.44. The second-order valence-corrected chi connectivity index (χ2v) is 4.92. The van der Waals surface area contributed by atoms with Crippen molar-refractivity contribution in [3.05, 3.63) is 34.9 Å². The monoisotopic (exact) mass is 213 g/mol. The van der Waals surface area contributed by atoms with Crippen LogP contribution in [-0.4, -0.2) is 0 Å². The number of allylic oxidation sites excluding steroid dienone is 1. The van der Waals surface area contributed by atoms with Gasteiger partial charge in [0.2, 0.25) is 0 Å². The maximum absolute atomic E-state index is 6.03. The normalized spacial score (nSPS) is 11.7. The number of anilines is 1. The molecule has 0 fully saturated rings. The topological polar surface area (TPSA) is 26.0 Å². The molecule has 0 amide bonds. The third kappa shape index (κ3) is 2.46. The predicted octanol–water partition coefficient (Wildman–Crippen LogP) is 3.58. The molecule has 1 aromatic rings. The van der Waals surface area contributed by atoms with E-state index in [-0.39, 0.29) is 5.41 Å². The standard InChI is InChI=1S/C15H19N/c1-6-8-12-9-13(15(3,4)5)14(16)10-11(12)7-2/h2,6,8-10H,16H2,1,3-5H3/b8-6-. The summed E-state index contributed by atoms with van der Waals surface area (Å²) < 4.78 is 0. The Morgan fingerprint density at radius 2 is 1.94 bits per heavy atom. The lowest BCUT2D eigenvalue weighted by Gasteiger charge is -2.22. The summed E-state index contributed by atoms with van der Waals surface area (Å²) in [5.41, 5.74) is 9.88. The molecule has 0 saturated heterocycles. The number of nitrogens with two attached hydrogens (primary N) is 1. The Hall–Kier alpha value is -1.68. The lowest BCUT2D eigenvalue weighted by atomic mass is 9.84. The van der Waals surface area contributed by atoms with E-state index in [2.05, 4.69) is 32.8 Å². The SMILES string of the molecule is C#Cc1cc(N)c(C(C)(C)C)cc1/C=C\C. The molecule has 1 nitrogen and oxygen atoms in total. The van der Waals surface area contributed by atoms with Gasteiger partial charge in [-0.15, -0.1) is 6.42 Å². The molecule has 0 aliphatic carbocycles. The lowest BCUT2D eigenvalue weighted by Crippen LogP contribution is -2.14. The second-order valence-electron chi connectivity index (χ2n) is 4.92. The Labute approximate surface area is 98.4 Å². The maximum atomic E-state index is 6.03. The summed E-state index contributed by atoms with van der Waals surface area (Å²) in [6.07, 6.45) is 9.47. The summed E-state index contributed by atoms with van der Waals surface area (Å²) in [6.45, 7) is 8.42. The van der Waals surface area contributed by atoms with Gasteiger partial charge in [-0.3, -0.25) is 0 Å². The molecule has 0 atom stereocenters. The number of nitrogen functional groups attached to an aromatic ring is 1. The van der Waals surface area contributed by atoms with Crippen molar-refractivity contribution in [1.82, 2.24) is 0 Å². The van der Waals surface area contributed by atoms with E-state index in [0.717, 1.165) is 22.4 Å². The molecule has 0 aromatic heterocycles. The van der Waals surface area contributed by atoms with Crippen molar-refractivity contribution in [2.24, 2.45) is 0 Å². The van der Waals surface area contributed by atoms with E-state index in [0.29, 0.717) is 0 Å². The summed E-state index contributed by atoms with van der Waals surface area (Å²) in [5.74, 6) is 2.67. The van der Waals surface area contributed by atoms with Gasteiger partial charge in [-0.05, 0) is 35.6 Å². The van der Waals surface area contributed by atoms with Crippen LogP contribution in [0.5, 0.6) is 0 Å². The molecule has 1 heteroatoms. The quantitative estimate of drug-likeness (QED) is 0.560. The molecule has 2 N–H and O–H groups in total. The zero-order chi connectivity index (χ0) is 12.3. The van der Waals surface area contributed by atoms with Gasteiger partial charge in [0.05, 0.1) is 0 Å². The molecule has 0 saturated carbocycles. The molecule has 1 aromatic carbocycles. The van der Waals surface area contributed by atoms with Crippen LogP contribution in [0, 0.1) is 12.3 Å². The van der Waals surface area contributed by atoms with Crippen molar-refractivity contribution in [1.29, 1.82) is 0 Å². The highest BCUT2D eigenvalue weighted by atomic mass is 14.6. The van der Waals surface area contributed by atoms with Crippen LogP contribution in [0.25, 0.3) is 6.08 Å². The molecule has 0 aliphatic rings. The highest BCUT2D eigenvalue weighted by molar-refractivity contribution is 5.67. The number of hydrogen-bond acceptors (Lipinski definition) is 1. The van der Waals surface area contributed by atoms with Gasteiger partial charge in [0, 0.05) is 11.3 Å². The van der Waals surface area contributed by atoms with Crippen LogP contribution >= 0.6 is 0 Å². The minimum atomic E-state index is 0.0353. The number of rotatable bonds is 1. The molecule has 84 valence electrons. The van der Waals surface area contributed by atoms with Crippen LogP contribution in [0.3, 0.4) is 0 Å². The van der Waals surface area contributed by atoms with Crippen molar-refractivity contribution in [3.8, 4) is 12.3 Å². The van der Waals surface area contributed by atoms with Crippen LogP contribution in [0.4, 0.5) is 5.69 Å². The second kappa shape index (κ2) is 4.45. The van der Waals surface area contributed by atoms with E-state index in [9.17, 15) is 0 Å². The Morgan fingerprint density at radius 3 is 2.38 bits per heavy atom.